The third kappa shape index (κ3) is 6.87. The third-order valence-corrected chi connectivity index (χ3v) is 10.0. The van der Waals surface area contributed by atoms with E-state index in [9.17, 15) is 0 Å². The zero-order valence-electron chi connectivity index (χ0n) is 28.3. The summed E-state index contributed by atoms with van der Waals surface area (Å²) in [6, 6.07) is 35.7. The van der Waals surface area contributed by atoms with E-state index < -0.39 is 0 Å². The Kier molecular flexibility index (Phi) is 10.4. The van der Waals surface area contributed by atoms with Crippen molar-refractivity contribution in [3.05, 3.63) is 97.1 Å². The summed E-state index contributed by atoms with van der Waals surface area (Å²) in [4.78, 5) is 0. The maximum Gasteiger partial charge on any atom is 0.119 e. The zero-order chi connectivity index (χ0) is 31.9. The molecule has 0 N–H and O–H groups in total. The molecule has 0 radical (unpaired) electrons. The second kappa shape index (κ2) is 15.0. The molecule has 238 valence electrons. The van der Waals surface area contributed by atoms with Crippen molar-refractivity contribution in [2.45, 2.75) is 79.1 Å². The predicted molar refractivity (Wildman–Crippen MR) is 199 cm³/mol. The van der Waals surface area contributed by atoms with Gasteiger partial charge in [0.1, 0.15) is 11.5 Å². The molecule has 6 rings (SSSR count). The van der Waals surface area contributed by atoms with Crippen LogP contribution in [0.2, 0.25) is 0 Å². The number of benzene rings is 6. The average molecular weight is 611 g/mol. The van der Waals surface area contributed by atoms with Crippen LogP contribution in [0.1, 0.15) is 79.1 Å². The number of hydrogen-bond acceptors (Lipinski definition) is 2. The molecule has 0 saturated carbocycles. The number of hydrogen-bond donors (Lipinski definition) is 0. The highest BCUT2D eigenvalue weighted by Crippen LogP contribution is 2.44. The molecule has 46 heavy (non-hydrogen) atoms. The maximum absolute atomic E-state index is 6.25. The normalized spacial score (nSPS) is 13.0. The Morgan fingerprint density at radius 2 is 0.935 bits per heavy atom. The van der Waals surface area contributed by atoms with Crippen LogP contribution in [-0.4, -0.2) is 13.2 Å². The molecule has 0 bridgehead atoms. The molecule has 2 heteroatoms. The molecule has 0 aliphatic rings. The number of rotatable bonds is 16. The predicted octanol–water partition coefficient (Wildman–Crippen LogP) is 13.1. The van der Waals surface area contributed by atoms with E-state index in [2.05, 4.69) is 125 Å². The third-order valence-electron chi connectivity index (χ3n) is 10.0. The first-order chi connectivity index (χ1) is 22.6. The van der Waals surface area contributed by atoms with E-state index in [1.54, 1.807) is 0 Å². The molecule has 6 aromatic rings. The van der Waals surface area contributed by atoms with Crippen LogP contribution in [-0.2, 0) is 0 Å². The summed E-state index contributed by atoms with van der Waals surface area (Å²) in [5.41, 5.74) is 4.97. The van der Waals surface area contributed by atoms with Gasteiger partial charge >= 0.3 is 0 Å². The Hall–Kier alpha value is -4.04. The van der Waals surface area contributed by atoms with Crippen LogP contribution in [0.15, 0.2) is 97.1 Å². The second-order valence-electron chi connectivity index (χ2n) is 13.2. The topological polar surface area (TPSA) is 18.5 Å². The molecule has 2 atom stereocenters. The monoisotopic (exact) mass is 610 g/mol. The van der Waals surface area contributed by atoms with Crippen molar-refractivity contribution in [2.75, 3.05) is 13.2 Å². The van der Waals surface area contributed by atoms with Crippen molar-refractivity contribution in [1.82, 2.24) is 0 Å². The SMILES string of the molecule is CCCCC(CC)COc1ccc(-c2cc3cccc4cc(-c5ccc(OCC(CC)CCCC)cc5)c5cccc2c5c34)cc1. The van der Waals surface area contributed by atoms with Gasteiger partial charge in [0.05, 0.1) is 13.2 Å². The lowest BCUT2D eigenvalue weighted by molar-refractivity contribution is 0.233. The molecule has 0 fully saturated rings. The van der Waals surface area contributed by atoms with Crippen molar-refractivity contribution in [2.24, 2.45) is 11.8 Å². The summed E-state index contributed by atoms with van der Waals surface area (Å²) < 4.78 is 12.5. The van der Waals surface area contributed by atoms with Crippen molar-refractivity contribution < 1.29 is 9.47 Å². The fourth-order valence-electron chi connectivity index (χ4n) is 7.02. The van der Waals surface area contributed by atoms with Gasteiger partial charge in [-0.1, -0.05) is 127 Å². The van der Waals surface area contributed by atoms with E-state index in [0.29, 0.717) is 11.8 Å². The van der Waals surface area contributed by atoms with Crippen molar-refractivity contribution in [3.8, 4) is 33.8 Å². The quantitative estimate of drug-likeness (QED) is 0.102. The molecule has 0 aliphatic carbocycles. The number of unbranched alkanes of at least 4 members (excludes halogenated alkanes) is 2. The Morgan fingerprint density at radius 1 is 0.500 bits per heavy atom. The molecule has 0 aromatic heterocycles. The molecule has 0 spiro atoms. The fourth-order valence-corrected chi connectivity index (χ4v) is 7.02. The highest BCUT2D eigenvalue weighted by Gasteiger charge is 2.17. The Morgan fingerprint density at radius 3 is 1.35 bits per heavy atom. The first kappa shape index (κ1) is 31.9. The number of ether oxygens (including phenoxy) is 2. The van der Waals surface area contributed by atoms with E-state index in [-0.39, 0.29) is 0 Å². The summed E-state index contributed by atoms with van der Waals surface area (Å²) in [6.45, 7) is 10.7. The minimum absolute atomic E-state index is 0.622. The van der Waals surface area contributed by atoms with Crippen molar-refractivity contribution >= 4 is 32.3 Å². The zero-order valence-corrected chi connectivity index (χ0v) is 28.3. The molecule has 0 heterocycles. The van der Waals surface area contributed by atoms with E-state index in [4.69, 9.17) is 9.47 Å². The highest BCUT2D eigenvalue weighted by molar-refractivity contribution is 6.29. The summed E-state index contributed by atoms with van der Waals surface area (Å²) in [7, 11) is 0. The molecular formula is C44H50O2. The van der Waals surface area contributed by atoms with Gasteiger partial charge in [-0.2, -0.15) is 0 Å². The Balaban J connectivity index is 1.32. The molecule has 0 amide bonds. The first-order valence-corrected chi connectivity index (χ1v) is 17.8. The molecule has 0 saturated heterocycles. The smallest absolute Gasteiger partial charge is 0.119 e. The van der Waals surface area contributed by atoms with Gasteiger partial charge in [0.25, 0.3) is 0 Å². The maximum atomic E-state index is 6.25. The summed E-state index contributed by atoms with van der Waals surface area (Å²) in [5.74, 6) is 3.16. The van der Waals surface area contributed by atoms with Crippen LogP contribution in [0, 0.1) is 11.8 Å². The second-order valence-corrected chi connectivity index (χ2v) is 13.2. The van der Waals surface area contributed by atoms with Gasteiger partial charge in [0.15, 0.2) is 0 Å². The van der Waals surface area contributed by atoms with Gasteiger partial charge in [-0.25, -0.2) is 0 Å². The summed E-state index contributed by atoms with van der Waals surface area (Å²) in [5, 5.41) is 7.83. The van der Waals surface area contributed by atoms with Crippen LogP contribution in [0.3, 0.4) is 0 Å². The van der Waals surface area contributed by atoms with Gasteiger partial charge in [0.2, 0.25) is 0 Å². The van der Waals surface area contributed by atoms with Gasteiger partial charge in [-0.05, 0) is 116 Å². The lowest BCUT2D eigenvalue weighted by Gasteiger charge is -2.19. The fraction of sp³-hybridized carbons (Fsp3) is 0.364. The minimum atomic E-state index is 0.622. The van der Waals surface area contributed by atoms with Crippen molar-refractivity contribution in [3.63, 3.8) is 0 Å². The average Bonchev–Trinajstić information content (AvgIpc) is 3.11. The lowest BCUT2D eigenvalue weighted by Crippen LogP contribution is -2.11. The van der Waals surface area contributed by atoms with E-state index in [1.807, 2.05) is 0 Å². The molecule has 6 aromatic carbocycles. The van der Waals surface area contributed by atoms with Gasteiger partial charge < -0.3 is 9.47 Å². The van der Waals surface area contributed by atoms with Crippen LogP contribution in [0.25, 0.3) is 54.6 Å². The standard InChI is InChI=1S/C44H50O2/c1-5-9-13-31(7-3)29-45-37-23-19-33(20-24-37)41-27-35-15-11-16-36-28-42(40-18-12-17-39(41)44(40)43(35)36)34-21-25-38(26-22-34)46-30-32(8-4)14-10-6-2/h11-12,15-28,31-32H,5-10,13-14,29-30H2,1-4H3. The van der Waals surface area contributed by atoms with Gasteiger partial charge in [-0.3, -0.25) is 0 Å². The lowest BCUT2D eigenvalue weighted by atomic mass is 9.86. The molecular weight excluding hydrogens is 560 g/mol. The van der Waals surface area contributed by atoms with Crippen LogP contribution < -0.4 is 9.47 Å². The van der Waals surface area contributed by atoms with Crippen molar-refractivity contribution in [1.29, 1.82) is 0 Å². The first-order valence-electron chi connectivity index (χ1n) is 17.8. The Bertz CT molecular complexity index is 1710. The van der Waals surface area contributed by atoms with Crippen LogP contribution >= 0.6 is 0 Å². The van der Waals surface area contributed by atoms with E-state index in [0.717, 1.165) is 24.7 Å². The molecule has 0 aliphatic heterocycles. The van der Waals surface area contributed by atoms with Crippen LogP contribution in [0.4, 0.5) is 0 Å². The summed E-state index contributed by atoms with van der Waals surface area (Å²) >= 11 is 0. The minimum Gasteiger partial charge on any atom is -0.493 e. The Labute approximate surface area is 276 Å². The van der Waals surface area contributed by atoms with E-state index in [1.165, 1.54) is 106 Å². The summed E-state index contributed by atoms with van der Waals surface area (Å²) in [6.07, 6.45) is 9.84. The van der Waals surface area contributed by atoms with Crippen LogP contribution in [0.5, 0.6) is 11.5 Å². The highest BCUT2D eigenvalue weighted by atomic mass is 16.5. The van der Waals surface area contributed by atoms with E-state index >= 15 is 0 Å². The molecule has 2 unspecified atom stereocenters. The van der Waals surface area contributed by atoms with Gasteiger partial charge in [0, 0.05) is 0 Å². The van der Waals surface area contributed by atoms with Gasteiger partial charge in [-0.15, -0.1) is 0 Å². The molecule has 2 nitrogen and oxygen atoms in total. The largest absolute Gasteiger partial charge is 0.493 e.